The summed E-state index contributed by atoms with van der Waals surface area (Å²) < 4.78 is 0. The molecule has 0 heterocycles. The Kier molecular flexibility index (Phi) is 10.0. The number of nitrogens with one attached hydrogen (secondary N) is 1. The topological polar surface area (TPSA) is 38.0 Å². The van der Waals surface area contributed by atoms with E-state index in [1.165, 1.54) is 57.9 Å². The molecule has 2 heteroatoms. The van der Waals surface area contributed by atoms with Gasteiger partial charge in [-0.15, -0.1) is 0 Å². The minimum Gasteiger partial charge on any atom is -0.330 e. The molecule has 0 aliphatic heterocycles. The van der Waals surface area contributed by atoms with Gasteiger partial charge in [0.25, 0.3) is 0 Å². The highest BCUT2D eigenvalue weighted by molar-refractivity contribution is 4.76. The third kappa shape index (κ3) is 10.4. The molecule has 16 heavy (non-hydrogen) atoms. The average molecular weight is 228 g/mol. The normalized spacial score (nSPS) is 12.0. The second kappa shape index (κ2) is 10.1. The average Bonchev–Trinajstić information content (AvgIpc) is 2.22. The Labute approximate surface area is 102 Å². The van der Waals surface area contributed by atoms with Crippen molar-refractivity contribution in [1.82, 2.24) is 5.32 Å². The number of nitrogens with two attached hydrogens (primary N) is 1. The fourth-order valence-corrected chi connectivity index (χ4v) is 2.12. The monoisotopic (exact) mass is 228 g/mol. The van der Waals surface area contributed by atoms with Crippen molar-refractivity contribution in [2.75, 3.05) is 13.1 Å². The van der Waals surface area contributed by atoms with Crippen molar-refractivity contribution in [2.24, 2.45) is 5.73 Å². The Morgan fingerprint density at radius 3 is 2.06 bits per heavy atom. The Balaban J connectivity index is 3.20. The summed E-state index contributed by atoms with van der Waals surface area (Å²) in [5.41, 5.74) is 5.78. The van der Waals surface area contributed by atoms with Gasteiger partial charge in [-0.1, -0.05) is 39.0 Å². The van der Waals surface area contributed by atoms with Crippen molar-refractivity contribution < 1.29 is 0 Å². The third-order valence-corrected chi connectivity index (χ3v) is 3.11. The molecule has 0 unspecified atom stereocenters. The van der Waals surface area contributed by atoms with Crippen LogP contribution in [0.1, 0.15) is 72.1 Å². The molecule has 0 bridgehead atoms. The van der Waals surface area contributed by atoms with Gasteiger partial charge < -0.3 is 11.1 Å². The first-order chi connectivity index (χ1) is 7.62. The molecule has 0 amide bonds. The van der Waals surface area contributed by atoms with E-state index in [1.54, 1.807) is 0 Å². The van der Waals surface area contributed by atoms with E-state index in [-0.39, 0.29) is 0 Å². The summed E-state index contributed by atoms with van der Waals surface area (Å²) in [4.78, 5) is 0. The zero-order valence-corrected chi connectivity index (χ0v) is 11.6. The predicted molar refractivity (Wildman–Crippen MR) is 73.7 cm³/mol. The molecule has 2 nitrogen and oxygen atoms in total. The summed E-state index contributed by atoms with van der Waals surface area (Å²) in [6, 6.07) is 0. The van der Waals surface area contributed by atoms with Crippen molar-refractivity contribution in [3.8, 4) is 0 Å². The number of rotatable bonds is 11. The van der Waals surface area contributed by atoms with Crippen LogP contribution in [-0.4, -0.2) is 18.6 Å². The molecule has 0 aromatic rings. The number of hydrogen-bond acceptors (Lipinski definition) is 2. The minimum atomic E-state index is 0.328. The van der Waals surface area contributed by atoms with Gasteiger partial charge in [0.15, 0.2) is 0 Å². The maximum Gasteiger partial charge on any atom is 0.0125 e. The maximum absolute atomic E-state index is 5.46. The summed E-state index contributed by atoms with van der Waals surface area (Å²) in [7, 11) is 0. The van der Waals surface area contributed by atoms with Crippen LogP contribution in [0.3, 0.4) is 0 Å². The first-order valence-electron chi connectivity index (χ1n) is 7.07. The molecule has 0 aliphatic rings. The lowest BCUT2D eigenvalue weighted by atomic mass is 9.99. The quantitative estimate of drug-likeness (QED) is 0.532. The molecular formula is C14H32N2. The van der Waals surface area contributed by atoms with Crippen LogP contribution in [0.5, 0.6) is 0 Å². The van der Waals surface area contributed by atoms with Gasteiger partial charge in [-0.3, -0.25) is 0 Å². The van der Waals surface area contributed by atoms with Crippen LogP contribution in [-0.2, 0) is 0 Å². The summed E-state index contributed by atoms with van der Waals surface area (Å²) >= 11 is 0. The number of unbranched alkanes of at least 4 members (excludes halogenated alkanes) is 5. The van der Waals surface area contributed by atoms with Gasteiger partial charge in [-0.25, -0.2) is 0 Å². The molecule has 0 fully saturated rings. The third-order valence-electron chi connectivity index (χ3n) is 3.11. The zero-order valence-electron chi connectivity index (χ0n) is 11.6. The molecule has 0 aromatic carbocycles. The molecule has 0 spiro atoms. The van der Waals surface area contributed by atoms with E-state index in [9.17, 15) is 0 Å². The molecular weight excluding hydrogens is 196 g/mol. The zero-order chi connectivity index (χ0) is 12.3. The Morgan fingerprint density at radius 1 is 0.938 bits per heavy atom. The largest absolute Gasteiger partial charge is 0.330 e. The Hall–Kier alpha value is -0.0800. The second-order valence-corrected chi connectivity index (χ2v) is 5.47. The standard InChI is InChI=1S/C14H32N2/c1-4-11-14(2,3)16-13-10-8-6-5-7-9-12-15/h16H,4-13,15H2,1-3H3. The molecule has 0 saturated carbocycles. The summed E-state index contributed by atoms with van der Waals surface area (Å²) in [6.07, 6.45) is 10.4. The van der Waals surface area contributed by atoms with Gasteiger partial charge in [0.2, 0.25) is 0 Å². The van der Waals surface area contributed by atoms with E-state index < -0.39 is 0 Å². The van der Waals surface area contributed by atoms with Gasteiger partial charge in [0.05, 0.1) is 0 Å². The second-order valence-electron chi connectivity index (χ2n) is 5.47. The van der Waals surface area contributed by atoms with Gasteiger partial charge in [0.1, 0.15) is 0 Å². The minimum absolute atomic E-state index is 0.328. The van der Waals surface area contributed by atoms with Gasteiger partial charge >= 0.3 is 0 Å². The molecule has 0 saturated heterocycles. The first-order valence-corrected chi connectivity index (χ1v) is 7.07. The smallest absolute Gasteiger partial charge is 0.0125 e. The fraction of sp³-hybridized carbons (Fsp3) is 1.00. The van der Waals surface area contributed by atoms with Crippen LogP contribution in [0.15, 0.2) is 0 Å². The molecule has 0 aliphatic carbocycles. The van der Waals surface area contributed by atoms with E-state index in [0.29, 0.717) is 5.54 Å². The summed E-state index contributed by atoms with van der Waals surface area (Å²) in [5, 5.41) is 3.64. The predicted octanol–water partition coefficient (Wildman–Crippen LogP) is 3.45. The van der Waals surface area contributed by atoms with Crippen molar-refractivity contribution in [3.63, 3.8) is 0 Å². The molecule has 0 radical (unpaired) electrons. The van der Waals surface area contributed by atoms with E-state index in [2.05, 4.69) is 26.1 Å². The molecule has 0 atom stereocenters. The molecule has 3 N–H and O–H groups in total. The van der Waals surface area contributed by atoms with Crippen molar-refractivity contribution >= 4 is 0 Å². The lowest BCUT2D eigenvalue weighted by molar-refractivity contribution is 0.354. The molecule has 0 aromatic heterocycles. The molecule has 0 rings (SSSR count). The Morgan fingerprint density at radius 2 is 1.50 bits per heavy atom. The highest BCUT2D eigenvalue weighted by Gasteiger charge is 2.13. The van der Waals surface area contributed by atoms with Crippen LogP contribution >= 0.6 is 0 Å². The van der Waals surface area contributed by atoms with E-state index in [1.807, 2.05) is 0 Å². The van der Waals surface area contributed by atoms with Crippen molar-refractivity contribution in [2.45, 2.75) is 77.7 Å². The van der Waals surface area contributed by atoms with Crippen LogP contribution in [0.2, 0.25) is 0 Å². The van der Waals surface area contributed by atoms with Gasteiger partial charge in [-0.05, 0) is 46.2 Å². The summed E-state index contributed by atoms with van der Waals surface area (Å²) in [6.45, 7) is 8.88. The number of hydrogen-bond donors (Lipinski definition) is 2. The van der Waals surface area contributed by atoms with Gasteiger partial charge in [0, 0.05) is 5.54 Å². The molecule has 98 valence electrons. The lowest BCUT2D eigenvalue weighted by Crippen LogP contribution is -2.39. The van der Waals surface area contributed by atoms with E-state index in [0.717, 1.165) is 6.54 Å². The summed E-state index contributed by atoms with van der Waals surface area (Å²) in [5.74, 6) is 0. The Bertz CT molecular complexity index is 144. The van der Waals surface area contributed by atoms with Crippen LogP contribution < -0.4 is 11.1 Å². The van der Waals surface area contributed by atoms with Gasteiger partial charge in [-0.2, -0.15) is 0 Å². The van der Waals surface area contributed by atoms with Crippen molar-refractivity contribution in [1.29, 1.82) is 0 Å². The van der Waals surface area contributed by atoms with E-state index in [4.69, 9.17) is 5.73 Å². The highest BCUT2D eigenvalue weighted by atomic mass is 14.9. The van der Waals surface area contributed by atoms with Crippen LogP contribution in [0, 0.1) is 0 Å². The van der Waals surface area contributed by atoms with Crippen LogP contribution in [0.4, 0.5) is 0 Å². The SMILES string of the molecule is CCCC(C)(C)NCCCCCCCCN. The fourth-order valence-electron chi connectivity index (χ4n) is 2.12. The maximum atomic E-state index is 5.46. The van der Waals surface area contributed by atoms with Crippen molar-refractivity contribution in [3.05, 3.63) is 0 Å². The van der Waals surface area contributed by atoms with Crippen LogP contribution in [0.25, 0.3) is 0 Å². The first kappa shape index (κ1) is 15.9. The lowest BCUT2D eigenvalue weighted by Gasteiger charge is -2.25. The highest BCUT2D eigenvalue weighted by Crippen LogP contribution is 2.11. The van der Waals surface area contributed by atoms with E-state index >= 15 is 0 Å².